The maximum Gasteiger partial charge on any atom is 0.248 e. The van der Waals surface area contributed by atoms with Crippen LogP contribution in [0.5, 0.6) is 0 Å². The average Bonchev–Trinajstić information content (AvgIpc) is 2.82. The van der Waals surface area contributed by atoms with Gasteiger partial charge in [0.2, 0.25) is 6.71 Å². The molecule has 0 aliphatic carbocycles. The first-order chi connectivity index (χ1) is 14.9. The summed E-state index contributed by atoms with van der Waals surface area (Å²) in [6, 6.07) is 39.9. The van der Waals surface area contributed by atoms with Crippen LogP contribution in [-0.2, 0) is 0 Å². The Hall–Kier alpha value is -3.78. The lowest BCUT2D eigenvalue weighted by atomic mass is 9.32. The molecule has 5 aromatic carbocycles. The van der Waals surface area contributed by atoms with Crippen molar-refractivity contribution < 1.29 is 0 Å². The van der Waals surface area contributed by atoms with E-state index < -0.39 is 0 Å². The van der Waals surface area contributed by atoms with Crippen molar-refractivity contribution in [3.05, 3.63) is 109 Å². The lowest BCUT2D eigenvalue weighted by Gasteiger charge is -2.40. The Bertz CT molecular complexity index is 1450. The SMILES string of the molecule is c1ccc(N2c3ccccc3B3c4ccccc4-c4cccc5ccc2c3c45)cc1. The van der Waals surface area contributed by atoms with Crippen LogP contribution < -0.4 is 21.3 Å². The third-order valence-electron chi connectivity index (χ3n) is 6.66. The maximum absolute atomic E-state index is 2.44. The monoisotopic (exact) mass is 379 g/mol. The zero-order valence-corrected chi connectivity index (χ0v) is 16.4. The van der Waals surface area contributed by atoms with E-state index in [4.69, 9.17) is 0 Å². The quantitative estimate of drug-likeness (QED) is 0.358. The zero-order chi connectivity index (χ0) is 19.7. The van der Waals surface area contributed by atoms with E-state index in [-0.39, 0.29) is 6.71 Å². The smallest absolute Gasteiger partial charge is 0.248 e. The molecule has 0 radical (unpaired) electrons. The van der Waals surface area contributed by atoms with Crippen molar-refractivity contribution in [2.75, 3.05) is 4.90 Å². The van der Waals surface area contributed by atoms with Crippen LogP contribution >= 0.6 is 0 Å². The van der Waals surface area contributed by atoms with E-state index in [1.165, 1.54) is 55.3 Å². The summed E-state index contributed by atoms with van der Waals surface area (Å²) in [5.74, 6) is 0. The van der Waals surface area contributed by atoms with Crippen molar-refractivity contribution in [2.45, 2.75) is 0 Å². The molecule has 2 heteroatoms. The first-order valence-corrected chi connectivity index (χ1v) is 10.5. The number of fused-ring (bicyclic) bond motifs is 5. The summed E-state index contributed by atoms with van der Waals surface area (Å²) >= 11 is 0. The third kappa shape index (κ3) is 1.98. The molecule has 0 amide bonds. The van der Waals surface area contributed by atoms with Crippen LogP contribution in [0.1, 0.15) is 0 Å². The summed E-state index contributed by atoms with van der Waals surface area (Å²) < 4.78 is 0. The summed E-state index contributed by atoms with van der Waals surface area (Å²) in [5, 5.41) is 2.72. The molecule has 0 bridgehead atoms. The largest absolute Gasteiger partial charge is 0.312 e. The van der Waals surface area contributed by atoms with Crippen molar-refractivity contribution >= 4 is 50.9 Å². The molecule has 7 rings (SSSR count). The van der Waals surface area contributed by atoms with Crippen LogP contribution in [0.15, 0.2) is 109 Å². The van der Waals surface area contributed by atoms with E-state index in [1.54, 1.807) is 0 Å². The van der Waals surface area contributed by atoms with Crippen LogP contribution in [0.2, 0.25) is 0 Å². The van der Waals surface area contributed by atoms with Gasteiger partial charge in [0.1, 0.15) is 0 Å². The Kier molecular flexibility index (Phi) is 3.14. The molecule has 138 valence electrons. The van der Waals surface area contributed by atoms with Gasteiger partial charge in [-0.25, -0.2) is 0 Å². The maximum atomic E-state index is 2.44. The normalized spacial score (nSPS) is 13.2. The molecule has 5 aromatic rings. The van der Waals surface area contributed by atoms with Crippen molar-refractivity contribution in [2.24, 2.45) is 0 Å². The van der Waals surface area contributed by atoms with Gasteiger partial charge in [0.05, 0.1) is 0 Å². The number of rotatable bonds is 1. The number of anilines is 3. The van der Waals surface area contributed by atoms with Crippen LogP contribution in [0, 0.1) is 0 Å². The highest BCUT2D eigenvalue weighted by molar-refractivity contribution is 7.01. The molecule has 2 aliphatic rings. The molecule has 0 spiro atoms. The van der Waals surface area contributed by atoms with Crippen molar-refractivity contribution in [3.63, 3.8) is 0 Å². The van der Waals surface area contributed by atoms with E-state index in [2.05, 4.69) is 114 Å². The van der Waals surface area contributed by atoms with Crippen molar-refractivity contribution in [1.29, 1.82) is 0 Å². The molecule has 0 atom stereocenters. The van der Waals surface area contributed by atoms with Gasteiger partial charge < -0.3 is 4.90 Å². The predicted octanol–water partition coefficient (Wildman–Crippen LogP) is 5.12. The molecular formula is C28H18BN. The van der Waals surface area contributed by atoms with E-state index in [1.807, 2.05) is 0 Å². The van der Waals surface area contributed by atoms with Gasteiger partial charge in [-0.1, -0.05) is 90.4 Å². The first kappa shape index (κ1) is 16.1. The molecule has 0 aromatic heterocycles. The Morgan fingerprint density at radius 1 is 0.500 bits per heavy atom. The molecule has 2 heterocycles. The number of nitrogens with zero attached hydrogens (tertiary/aromatic N) is 1. The van der Waals surface area contributed by atoms with E-state index in [0.29, 0.717) is 0 Å². The molecule has 0 saturated carbocycles. The predicted molar refractivity (Wildman–Crippen MR) is 129 cm³/mol. The first-order valence-electron chi connectivity index (χ1n) is 10.5. The molecule has 0 fully saturated rings. The fraction of sp³-hybridized carbons (Fsp3) is 0. The molecule has 0 saturated heterocycles. The molecule has 0 unspecified atom stereocenters. The average molecular weight is 379 g/mol. The van der Waals surface area contributed by atoms with Crippen LogP contribution in [0.25, 0.3) is 21.9 Å². The lowest BCUT2D eigenvalue weighted by Crippen LogP contribution is -2.59. The van der Waals surface area contributed by atoms with Gasteiger partial charge in [-0.15, -0.1) is 0 Å². The Morgan fingerprint density at radius 2 is 1.23 bits per heavy atom. The number of para-hydroxylation sites is 2. The highest BCUT2D eigenvalue weighted by Crippen LogP contribution is 2.41. The van der Waals surface area contributed by atoms with E-state index >= 15 is 0 Å². The Labute approximate surface area is 176 Å². The van der Waals surface area contributed by atoms with Crippen LogP contribution in [0.4, 0.5) is 17.1 Å². The van der Waals surface area contributed by atoms with Gasteiger partial charge >= 0.3 is 0 Å². The minimum absolute atomic E-state index is 0.256. The lowest BCUT2D eigenvalue weighted by molar-refractivity contribution is 1.30. The van der Waals surface area contributed by atoms with Crippen molar-refractivity contribution in [3.8, 4) is 11.1 Å². The minimum atomic E-state index is 0.256. The minimum Gasteiger partial charge on any atom is -0.312 e. The number of hydrogen-bond donors (Lipinski definition) is 0. The highest BCUT2D eigenvalue weighted by Gasteiger charge is 2.40. The van der Waals surface area contributed by atoms with Crippen molar-refractivity contribution in [1.82, 2.24) is 0 Å². The van der Waals surface area contributed by atoms with E-state index in [9.17, 15) is 0 Å². The fourth-order valence-corrected chi connectivity index (χ4v) is 5.50. The van der Waals surface area contributed by atoms with Gasteiger partial charge in [0.25, 0.3) is 0 Å². The molecule has 1 nitrogen and oxygen atoms in total. The number of hydrogen-bond acceptors (Lipinski definition) is 1. The van der Waals surface area contributed by atoms with Gasteiger partial charge in [0.15, 0.2) is 0 Å². The molecular weight excluding hydrogens is 361 g/mol. The fourth-order valence-electron chi connectivity index (χ4n) is 5.50. The van der Waals surface area contributed by atoms with Gasteiger partial charge in [-0.2, -0.15) is 0 Å². The second-order valence-corrected chi connectivity index (χ2v) is 8.15. The second kappa shape index (κ2) is 5.87. The molecule has 0 N–H and O–H groups in total. The second-order valence-electron chi connectivity index (χ2n) is 8.15. The summed E-state index contributed by atoms with van der Waals surface area (Å²) in [6.07, 6.45) is 0. The zero-order valence-electron chi connectivity index (χ0n) is 16.4. The molecule has 2 aliphatic heterocycles. The molecule has 30 heavy (non-hydrogen) atoms. The third-order valence-corrected chi connectivity index (χ3v) is 6.66. The van der Waals surface area contributed by atoms with Gasteiger partial charge in [-0.05, 0) is 57.1 Å². The summed E-state index contributed by atoms with van der Waals surface area (Å²) in [7, 11) is 0. The Balaban J connectivity index is 1.68. The van der Waals surface area contributed by atoms with E-state index in [0.717, 1.165) is 0 Å². The van der Waals surface area contributed by atoms with Gasteiger partial charge in [-0.3, -0.25) is 0 Å². The van der Waals surface area contributed by atoms with Crippen LogP contribution in [0.3, 0.4) is 0 Å². The number of benzene rings is 5. The highest BCUT2D eigenvalue weighted by atomic mass is 15.1. The summed E-state index contributed by atoms with van der Waals surface area (Å²) in [4.78, 5) is 2.44. The summed E-state index contributed by atoms with van der Waals surface area (Å²) in [5.41, 5.74) is 10.7. The summed E-state index contributed by atoms with van der Waals surface area (Å²) in [6.45, 7) is 0.256. The van der Waals surface area contributed by atoms with Crippen LogP contribution in [-0.4, -0.2) is 6.71 Å². The topological polar surface area (TPSA) is 3.24 Å². The standard InChI is InChI=1S/C28H18BN/c1-2-10-20(11-3-1)30-25-16-7-6-15-24(25)29-23-14-5-4-12-21(23)22-13-8-9-19-17-18-26(30)28(29)27(19)22/h1-18H. The Morgan fingerprint density at radius 3 is 2.13 bits per heavy atom. The van der Waals surface area contributed by atoms with Gasteiger partial charge in [0, 0.05) is 17.1 Å².